The fraction of sp³-hybridized carbons (Fsp3) is 0.294. The van der Waals surface area contributed by atoms with Crippen molar-refractivity contribution in [2.75, 3.05) is 6.61 Å². The van der Waals surface area contributed by atoms with Crippen LogP contribution in [0.15, 0.2) is 41.2 Å². The maximum Gasteiger partial charge on any atom is 0.313 e. The van der Waals surface area contributed by atoms with E-state index in [9.17, 15) is 14.4 Å². The van der Waals surface area contributed by atoms with Crippen LogP contribution in [0.3, 0.4) is 0 Å². The Balaban J connectivity index is 2.17. The fourth-order valence-corrected chi connectivity index (χ4v) is 2.04. The molecule has 0 bridgehead atoms. The van der Waals surface area contributed by atoms with Crippen molar-refractivity contribution in [1.82, 2.24) is 9.78 Å². The maximum absolute atomic E-state index is 11.8. The Bertz CT molecular complexity index is 763. The van der Waals surface area contributed by atoms with Crippen LogP contribution in [0.25, 0.3) is 11.3 Å². The molecular weight excluding hydrogens is 296 g/mol. The monoisotopic (exact) mass is 314 g/mol. The molecule has 1 heterocycles. The SMILES string of the molecule is CCOC(=O)CC(=O)Cn1nc(-c2ccc(C)cc2)ccc1=O. The molecule has 6 nitrogen and oxygen atoms in total. The molecule has 120 valence electrons. The lowest BCUT2D eigenvalue weighted by Crippen LogP contribution is -2.27. The van der Waals surface area contributed by atoms with Gasteiger partial charge in [-0.05, 0) is 19.9 Å². The van der Waals surface area contributed by atoms with Gasteiger partial charge in [0.2, 0.25) is 0 Å². The van der Waals surface area contributed by atoms with Gasteiger partial charge in [-0.3, -0.25) is 14.4 Å². The predicted octanol–water partition coefficient (Wildman–Crippen LogP) is 1.74. The van der Waals surface area contributed by atoms with Crippen molar-refractivity contribution in [3.63, 3.8) is 0 Å². The van der Waals surface area contributed by atoms with Crippen LogP contribution in [-0.2, 0) is 20.9 Å². The van der Waals surface area contributed by atoms with E-state index in [0.29, 0.717) is 5.69 Å². The van der Waals surface area contributed by atoms with E-state index in [-0.39, 0.29) is 19.6 Å². The van der Waals surface area contributed by atoms with E-state index < -0.39 is 17.3 Å². The standard InChI is InChI=1S/C17H18N2O4/c1-3-23-17(22)10-14(20)11-19-16(21)9-8-15(18-19)13-6-4-12(2)5-7-13/h4-9H,3,10-11H2,1-2H3. The number of carbonyl (C=O) groups is 2. The fourth-order valence-electron chi connectivity index (χ4n) is 2.04. The van der Waals surface area contributed by atoms with Crippen molar-refractivity contribution in [2.24, 2.45) is 0 Å². The second-order valence-corrected chi connectivity index (χ2v) is 5.10. The average molecular weight is 314 g/mol. The normalized spacial score (nSPS) is 10.3. The molecule has 0 unspecified atom stereocenters. The number of hydrogen-bond donors (Lipinski definition) is 0. The summed E-state index contributed by atoms with van der Waals surface area (Å²) in [5.41, 5.74) is 2.17. The Morgan fingerprint density at radius 3 is 2.48 bits per heavy atom. The van der Waals surface area contributed by atoms with Crippen molar-refractivity contribution in [1.29, 1.82) is 0 Å². The van der Waals surface area contributed by atoms with Gasteiger partial charge in [0.25, 0.3) is 5.56 Å². The van der Waals surface area contributed by atoms with Gasteiger partial charge in [0.1, 0.15) is 13.0 Å². The van der Waals surface area contributed by atoms with Crippen LogP contribution in [0.5, 0.6) is 0 Å². The van der Waals surface area contributed by atoms with Crippen LogP contribution in [0.2, 0.25) is 0 Å². The number of ether oxygens (including phenoxy) is 1. The highest BCUT2D eigenvalue weighted by molar-refractivity contribution is 5.95. The van der Waals surface area contributed by atoms with E-state index >= 15 is 0 Å². The van der Waals surface area contributed by atoms with Crippen molar-refractivity contribution >= 4 is 11.8 Å². The second kappa shape index (κ2) is 7.49. The predicted molar refractivity (Wildman–Crippen MR) is 84.9 cm³/mol. The molecule has 0 radical (unpaired) electrons. The van der Waals surface area contributed by atoms with Gasteiger partial charge in [0, 0.05) is 11.6 Å². The summed E-state index contributed by atoms with van der Waals surface area (Å²) in [5, 5.41) is 4.20. The van der Waals surface area contributed by atoms with Crippen molar-refractivity contribution in [3.8, 4) is 11.3 Å². The Hall–Kier alpha value is -2.76. The smallest absolute Gasteiger partial charge is 0.313 e. The number of Topliss-reactive ketones (excluding diaryl/α,β-unsaturated/α-hetero) is 1. The van der Waals surface area contributed by atoms with Crippen molar-refractivity contribution in [3.05, 3.63) is 52.3 Å². The van der Waals surface area contributed by atoms with Crippen LogP contribution in [0, 0.1) is 6.92 Å². The molecule has 23 heavy (non-hydrogen) atoms. The quantitative estimate of drug-likeness (QED) is 0.599. The van der Waals surface area contributed by atoms with Crippen LogP contribution in [-0.4, -0.2) is 28.1 Å². The molecule has 0 saturated heterocycles. The third-order valence-corrected chi connectivity index (χ3v) is 3.19. The molecule has 1 aromatic carbocycles. The van der Waals surface area contributed by atoms with Crippen LogP contribution >= 0.6 is 0 Å². The first-order chi connectivity index (χ1) is 11.0. The number of aryl methyl sites for hydroxylation is 1. The number of carbonyl (C=O) groups excluding carboxylic acids is 2. The molecule has 2 rings (SSSR count). The molecule has 1 aromatic heterocycles. The Morgan fingerprint density at radius 1 is 1.13 bits per heavy atom. The van der Waals surface area contributed by atoms with Crippen LogP contribution in [0.4, 0.5) is 0 Å². The number of nitrogens with zero attached hydrogens (tertiary/aromatic N) is 2. The van der Waals surface area contributed by atoms with Gasteiger partial charge in [-0.15, -0.1) is 0 Å². The van der Waals surface area contributed by atoms with E-state index in [1.54, 1.807) is 13.0 Å². The van der Waals surface area contributed by atoms with Crippen LogP contribution in [0.1, 0.15) is 18.9 Å². The molecular formula is C17H18N2O4. The molecule has 0 spiro atoms. The Kier molecular flexibility index (Phi) is 5.41. The van der Waals surface area contributed by atoms with Gasteiger partial charge in [-0.25, -0.2) is 4.68 Å². The first-order valence-corrected chi connectivity index (χ1v) is 7.32. The summed E-state index contributed by atoms with van der Waals surface area (Å²) >= 11 is 0. The number of benzene rings is 1. The molecule has 2 aromatic rings. The number of aromatic nitrogens is 2. The first-order valence-electron chi connectivity index (χ1n) is 7.32. The largest absolute Gasteiger partial charge is 0.466 e. The lowest BCUT2D eigenvalue weighted by molar-refractivity contribution is -0.145. The summed E-state index contributed by atoms with van der Waals surface area (Å²) in [6, 6.07) is 10.6. The lowest BCUT2D eigenvalue weighted by atomic mass is 10.1. The second-order valence-electron chi connectivity index (χ2n) is 5.10. The Labute approximate surface area is 133 Å². The van der Waals surface area contributed by atoms with E-state index in [4.69, 9.17) is 4.74 Å². The zero-order valence-corrected chi connectivity index (χ0v) is 13.1. The minimum Gasteiger partial charge on any atom is -0.466 e. The number of ketones is 1. The van der Waals surface area contributed by atoms with Crippen molar-refractivity contribution < 1.29 is 14.3 Å². The number of rotatable bonds is 6. The number of esters is 1. The molecule has 0 N–H and O–H groups in total. The molecule has 0 saturated carbocycles. The highest BCUT2D eigenvalue weighted by Crippen LogP contribution is 2.15. The van der Waals surface area contributed by atoms with Gasteiger partial charge in [0.15, 0.2) is 5.78 Å². The van der Waals surface area contributed by atoms with E-state index in [2.05, 4.69) is 5.10 Å². The molecule has 0 amide bonds. The lowest BCUT2D eigenvalue weighted by Gasteiger charge is -2.07. The molecule has 0 atom stereocenters. The highest BCUT2D eigenvalue weighted by Gasteiger charge is 2.13. The molecule has 6 heteroatoms. The minimum atomic E-state index is -0.597. The summed E-state index contributed by atoms with van der Waals surface area (Å²) in [6.07, 6.45) is -0.364. The molecule has 0 aliphatic carbocycles. The van der Waals surface area contributed by atoms with E-state index in [1.807, 2.05) is 31.2 Å². The van der Waals surface area contributed by atoms with Gasteiger partial charge in [0.05, 0.1) is 12.3 Å². The summed E-state index contributed by atoms with van der Waals surface area (Å²) in [4.78, 5) is 35.0. The molecule has 0 fully saturated rings. The zero-order valence-electron chi connectivity index (χ0n) is 13.1. The van der Waals surface area contributed by atoms with E-state index in [0.717, 1.165) is 15.8 Å². The molecule has 0 aliphatic heterocycles. The topological polar surface area (TPSA) is 78.3 Å². The first kappa shape index (κ1) is 16.6. The van der Waals surface area contributed by atoms with Gasteiger partial charge >= 0.3 is 5.97 Å². The van der Waals surface area contributed by atoms with Gasteiger partial charge < -0.3 is 4.74 Å². The summed E-state index contributed by atoms with van der Waals surface area (Å²) in [7, 11) is 0. The zero-order chi connectivity index (χ0) is 16.8. The summed E-state index contributed by atoms with van der Waals surface area (Å²) in [5.74, 6) is -1.01. The highest BCUT2D eigenvalue weighted by atomic mass is 16.5. The summed E-state index contributed by atoms with van der Waals surface area (Å²) < 4.78 is 5.78. The average Bonchev–Trinajstić information content (AvgIpc) is 2.50. The van der Waals surface area contributed by atoms with Gasteiger partial charge in [-0.2, -0.15) is 5.10 Å². The number of hydrogen-bond acceptors (Lipinski definition) is 5. The molecule has 0 aliphatic rings. The van der Waals surface area contributed by atoms with Gasteiger partial charge in [-0.1, -0.05) is 29.8 Å². The third-order valence-electron chi connectivity index (χ3n) is 3.19. The Morgan fingerprint density at radius 2 is 1.83 bits per heavy atom. The van der Waals surface area contributed by atoms with Crippen molar-refractivity contribution in [2.45, 2.75) is 26.8 Å². The minimum absolute atomic E-state index is 0.215. The maximum atomic E-state index is 11.8. The third kappa shape index (κ3) is 4.60. The van der Waals surface area contributed by atoms with E-state index in [1.165, 1.54) is 6.07 Å². The van der Waals surface area contributed by atoms with Crippen LogP contribution < -0.4 is 5.56 Å². The summed E-state index contributed by atoms with van der Waals surface area (Å²) in [6.45, 7) is 3.61.